The van der Waals surface area contributed by atoms with Gasteiger partial charge in [0.25, 0.3) is 0 Å². The number of rotatable bonds is 4. The van der Waals surface area contributed by atoms with Gasteiger partial charge in [0, 0.05) is 28.4 Å². The highest BCUT2D eigenvalue weighted by atomic mass is 35.5. The first kappa shape index (κ1) is 14.5. The lowest BCUT2D eigenvalue weighted by atomic mass is 10.1. The number of hydrogen-bond acceptors (Lipinski definition) is 3. The molecule has 2 aromatic rings. The first-order chi connectivity index (χ1) is 10.0. The second-order valence-corrected chi connectivity index (χ2v) is 7.22. The molecule has 1 aliphatic carbocycles. The molecule has 1 aromatic carbocycles. The summed E-state index contributed by atoms with van der Waals surface area (Å²) in [4.78, 5) is 17.3. The van der Waals surface area contributed by atoms with Gasteiger partial charge in [-0.2, -0.15) is 0 Å². The molecule has 110 valence electrons. The van der Waals surface area contributed by atoms with Crippen LogP contribution in [-0.2, 0) is 11.2 Å². The first-order valence-corrected chi connectivity index (χ1v) is 8.23. The van der Waals surface area contributed by atoms with Gasteiger partial charge in [0.2, 0.25) is 5.91 Å². The largest absolute Gasteiger partial charge is 0.302 e. The molecule has 2 unspecified atom stereocenters. The van der Waals surface area contributed by atoms with E-state index in [0.717, 1.165) is 33.9 Å². The third-order valence-corrected chi connectivity index (χ3v) is 5.16. The monoisotopic (exact) mass is 320 g/mol. The van der Waals surface area contributed by atoms with Gasteiger partial charge in [-0.3, -0.25) is 4.79 Å². The molecule has 0 bridgehead atoms. The van der Waals surface area contributed by atoms with Crippen LogP contribution in [0.2, 0.25) is 5.02 Å². The number of carbonyl (C=O) groups is 1. The van der Waals surface area contributed by atoms with E-state index in [1.165, 1.54) is 11.3 Å². The fourth-order valence-corrected chi connectivity index (χ4v) is 3.33. The molecule has 5 heteroatoms. The van der Waals surface area contributed by atoms with E-state index in [1.54, 1.807) is 0 Å². The van der Waals surface area contributed by atoms with Crippen molar-refractivity contribution >= 4 is 34.0 Å². The van der Waals surface area contributed by atoms with Crippen molar-refractivity contribution in [1.29, 1.82) is 0 Å². The van der Waals surface area contributed by atoms with Crippen molar-refractivity contribution < 1.29 is 4.79 Å². The van der Waals surface area contributed by atoms with Gasteiger partial charge in [0.05, 0.1) is 0 Å². The van der Waals surface area contributed by atoms with Gasteiger partial charge in [-0.1, -0.05) is 30.7 Å². The lowest BCUT2D eigenvalue weighted by molar-refractivity contribution is -0.117. The minimum Gasteiger partial charge on any atom is -0.302 e. The second-order valence-electron chi connectivity index (χ2n) is 5.70. The van der Waals surface area contributed by atoms with Gasteiger partial charge in [-0.15, -0.1) is 11.3 Å². The molecule has 1 amide bonds. The molecule has 0 radical (unpaired) electrons. The smallest absolute Gasteiger partial charge is 0.229 e. The minimum absolute atomic E-state index is 0.0989. The third-order valence-electron chi connectivity index (χ3n) is 3.84. The minimum atomic E-state index is 0.0989. The van der Waals surface area contributed by atoms with E-state index in [4.69, 9.17) is 11.6 Å². The Morgan fingerprint density at radius 1 is 1.52 bits per heavy atom. The Morgan fingerprint density at radius 3 is 2.95 bits per heavy atom. The molecule has 1 fully saturated rings. The zero-order chi connectivity index (χ0) is 15.0. The maximum atomic E-state index is 11.9. The molecule has 1 saturated carbocycles. The molecule has 3 nitrogen and oxygen atoms in total. The van der Waals surface area contributed by atoms with Crippen LogP contribution in [0.4, 0.5) is 5.13 Å². The molecule has 1 aromatic heterocycles. The van der Waals surface area contributed by atoms with Crippen molar-refractivity contribution in [3.8, 4) is 0 Å². The fourth-order valence-electron chi connectivity index (χ4n) is 2.28. The molecule has 0 saturated heterocycles. The fraction of sp³-hybridized carbons (Fsp3) is 0.375. The summed E-state index contributed by atoms with van der Waals surface area (Å²) in [5, 5.41) is 4.38. The summed E-state index contributed by atoms with van der Waals surface area (Å²) < 4.78 is 0. The van der Waals surface area contributed by atoms with Crippen molar-refractivity contribution in [1.82, 2.24) is 4.98 Å². The predicted molar refractivity (Wildman–Crippen MR) is 87.0 cm³/mol. The van der Waals surface area contributed by atoms with E-state index in [2.05, 4.69) is 23.3 Å². The number of aromatic nitrogens is 1. The summed E-state index contributed by atoms with van der Waals surface area (Å²) >= 11 is 7.67. The van der Waals surface area contributed by atoms with Crippen LogP contribution < -0.4 is 5.32 Å². The first-order valence-electron chi connectivity index (χ1n) is 7.03. The number of aryl methyl sites for hydroxylation is 1. The Morgan fingerprint density at radius 2 is 2.29 bits per heavy atom. The molecule has 1 N–H and O–H groups in total. The van der Waals surface area contributed by atoms with Gasteiger partial charge < -0.3 is 5.32 Å². The van der Waals surface area contributed by atoms with Crippen LogP contribution in [0.1, 0.15) is 29.3 Å². The molecular formula is C16H17ClN2OS. The van der Waals surface area contributed by atoms with Crippen LogP contribution in [-0.4, -0.2) is 10.9 Å². The summed E-state index contributed by atoms with van der Waals surface area (Å²) in [7, 11) is 0. The number of carbonyl (C=O) groups excluding carboxylic acids is 1. The normalized spacial score (nSPS) is 20.3. The predicted octanol–water partition coefficient (Wildman–Crippen LogP) is 4.29. The number of amides is 1. The summed E-state index contributed by atoms with van der Waals surface area (Å²) in [6, 6.07) is 6.08. The van der Waals surface area contributed by atoms with Crippen molar-refractivity contribution in [2.45, 2.75) is 26.7 Å². The SMILES string of the molecule is Cc1ccc(Cc2cnc(NC(=O)C3CC3C)s2)cc1Cl. The Hall–Kier alpha value is -1.39. The summed E-state index contributed by atoms with van der Waals surface area (Å²) in [6.45, 7) is 4.09. The van der Waals surface area contributed by atoms with Crippen LogP contribution in [0.5, 0.6) is 0 Å². The van der Waals surface area contributed by atoms with Gasteiger partial charge in [0.1, 0.15) is 0 Å². The number of halogens is 1. The van der Waals surface area contributed by atoms with Gasteiger partial charge in [0.15, 0.2) is 5.13 Å². The number of nitrogens with one attached hydrogen (secondary N) is 1. The number of nitrogens with zero attached hydrogens (tertiary/aromatic N) is 1. The molecule has 3 rings (SSSR count). The van der Waals surface area contributed by atoms with Gasteiger partial charge >= 0.3 is 0 Å². The van der Waals surface area contributed by atoms with E-state index in [-0.39, 0.29) is 11.8 Å². The van der Waals surface area contributed by atoms with E-state index in [9.17, 15) is 4.79 Å². The van der Waals surface area contributed by atoms with Crippen molar-refractivity contribution in [3.05, 3.63) is 45.4 Å². The maximum absolute atomic E-state index is 11.9. The quantitative estimate of drug-likeness (QED) is 0.913. The second kappa shape index (κ2) is 5.78. The van der Waals surface area contributed by atoms with Crippen LogP contribution in [0.15, 0.2) is 24.4 Å². The van der Waals surface area contributed by atoms with Crippen molar-refractivity contribution in [2.24, 2.45) is 11.8 Å². The molecule has 1 aliphatic rings. The van der Waals surface area contributed by atoms with E-state index < -0.39 is 0 Å². The zero-order valence-electron chi connectivity index (χ0n) is 12.0. The third kappa shape index (κ3) is 3.44. The summed E-state index contributed by atoms with van der Waals surface area (Å²) in [5.74, 6) is 0.786. The maximum Gasteiger partial charge on any atom is 0.229 e. The topological polar surface area (TPSA) is 42.0 Å². The molecule has 0 spiro atoms. The van der Waals surface area contributed by atoms with Crippen LogP contribution in [0, 0.1) is 18.8 Å². The average Bonchev–Trinajstić information content (AvgIpc) is 3.01. The lowest BCUT2D eigenvalue weighted by Crippen LogP contribution is -2.13. The molecule has 0 aliphatic heterocycles. The number of thiazole rings is 1. The molecule has 2 atom stereocenters. The van der Waals surface area contributed by atoms with Gasteiger partial charge in [-0.05, 0) is 36.5 Å². The Kier molecular flexibility index (Phi) is 4.00. The lowest BCUT2D eigenvalue weighted by Gasteiger charge is -2.02. The standard InChI is InChI=1S/C16H17ClN2OS/c1-9-3-4-11(7-14(9)17)6-12-8-18-16(21-12)19-15(20)13-5-10(13)2/h3-4,7-8,10,13H,5-6H2,1-2H3,(H,18,19,20). The zero-order valence-corrected chi connectivity index (χ0v) is 13.6. The van der Waals surface area contributed by atoms with E-state index in [0.29, 0.717) is 11.0 Å². The van der Waals surface area contributed by atoms with Crippen molar-refractivity contribution in [2.75, 3.05) is 5.32 Å². The van der Waals surface area contributed by atoms with Crippen molar-refractivity contribution in [3.63, 3.8) is 0 Å². The molecule has 21 heavy (non-hydrogen) atoms. The number of benzene rings is 1. The van der Waals surface area contributed by atoms with E-state index in [1.807, 2.05) is 25.3 Å². The van der Waals surface area contributed by atoms with Crippen LogP contribution in [0.25, 0.3) is 0 Å². The highest BCUT2D eigenvalue weighted by Gasteiger charge is 2.39. The summed E-state index contributed by atoms with van der Waals surface area (Å²) in [6.07, 6.45) is 3.60. The summed E-state index contributed by atoms with van der Waals surface area (Å²) in [5.41, 5.74) is 2.24. The highest BCUT2D eigenvalue weighted by Crippen LogP contribution is 2.38. The Bertz CT molecular complexity index is 683. The number of anilines is 1. The van der Waals surface area contributed by atoms with Gasteiger partial charge in [-0.25, -0.2) is 4.98 Å². The Balaban J connectivity index is 1.64. The average molecular weight is 321 g/mol. The Labute approximate surface area is 133 Å². The van der Waals surface area contributed by atoms with Crippen LogP contribution in [0.3, 0.4) is 0 Å². The molecule has 1 heterocycles. The molecular weight excluding hydrogens is 304 g/mol. The number of hydrogen-bond donors (Lipinski definition) is 1. The van der Waals surface area contributed by atoms with E-state index >= 15 is 0 Å². The highest BCUT2D eigenvalue weighted by molar-refractivity contribution is 7.15. The van der Waals surface area contributed by atoms with Crippen LogP contribution >= 0.6 is 22.9 Å².